The average molecular weight is 395 g/mol. The predicted octanol–water partition coefficient (Wildman–Crippen LogP) is 5.84. The molecule has 2 aromatic rings. The molecule has 1 unspecified atom stereocenters. The van der Waals surface area contributed by atoms with Gasteiger partial charge in [-0.3, -0.25) is 9.69 Å². The Hall–Kier alpha value is -2.13. The molecule has 2 aromatic carbocycles. The number of hydrogen-bond acceptors (Lipinski definition) is 3. The molecule has 0 radical (unpaired) electrons. The molecule has 0 aliphatic carbocycles. The van der Waals surface area contributed by atoms with Crippen LogP contribution in [0.2, 0.25) is 0 Å². The molecule has 2 rings (SSSR count). The molecule has 0 aliphatic heterocycles. The molecule has 0 aliphatic rings. The van der Waals surface area contributed by atoms with Gasteiger partial charge < -0.3 is 4.90 Å². The van der Waals surface area contributed by atoms with E-state index in [4.69, 9.17) is 0 Å². The van der Waals surface area contributed by atoms with Crippen LogP contribution >= 0.6 is 0 Å². The van der Waals surface area contributed by atoms with E-state index in [1.54, 1.807) is 0 Å². The summed E-state index contributed by atoms with van der Waals surface area (Å²) >= 11 is 0. The number of aryl methyl sites for hydroxylation is 1. The van der Waals surface area contributed by atoms with E-state index in [0.717, 1.165) is 50.8 Å². The highest BCUT2D eigenvalue weighted by molar-refractivity contribution is 6.03. The number of ketones is 1. The standard InChI is InChI=1S/C26H38N2O/c1-6-20-28(21-7-2)24-16-14-23(15-17-24)25(29)26(8-3,27(4)5)19-18-22-12-10-9-11-13-22/h9-17H,6-8,18-21H2,1-5H3. The van der Waals surface area contributed by atoms with E-state index < -0.39 is 5.54 Å². The van der Waals surface area contributed by atoms with E-state index in [-0.39, 0.29) is 5.78 Å². The number of anilines is 1. The van der Waals surface area contributed by atoms with Gasteiger partial charge >= 0.3 is 0 Å². The van der Waals surface area contributed by atoms with Gasteiger partial charge in [0.25, 0.3) is 0 Å². The van der Waals surface area contributed by atoms with E-state index in [0.29, 0.717) is 0 Å². The van der Waals surface area contributed by atoms with Crippen molar-refractivity contribution in [1.29, 1.82) is 0 Å². The summed E-state index contributed by atoms with van der Waals surface area (Å²) in [5, 5.41) is 0. The van der Waals surface area contributed by atoms with Gasteiger partial charge in [0.2, 0.25) is 0 Å². The fourth-order valence-electron chi connectivity index (χ4n) is 4.19. The zero-order valence-corrected chi connectivity index (χ0v) is 18.9. The Morgan fingerprint density at radius 2 is 1.45 bits per heavy atom. The Bertz CT molecular complexity index is 733. The van der Waals surface area contributed by atoms with Gasteiger partial charge in [-0.05, 0) is 76.0 Å². The van der Waals surface area contributed by atoms with Crippen molar-refractivity contribution in [2.45, 2.75) is 58.4 Å². The van der Waals surface area contributed by atoms with Gasteiger partial charge in [0.1, 0.15) is 0 Å². The van der Waals surface area contributed by atoms with E-state index in [1.807, 2.05) is 32.3 Å². The van der Waals surface area contributed by atoms with E-state index in [1.165, 1.54) is 11.3 Å². The molecule has 1 atom stereocenters. The molecule has 3 heteroatoms. The number of nitrogens with zero attached hydrogens (tertiary/aromatic N) is 2. The van der Waals surface area contributed by atoms with E-state index in [2.05, 4.69) is 67.0 Å². The average Bonchev–Trinajstić information content (AvgIpc) is 2.75. The Labute approximate surface area is 177 Å². The van der Waals surface area contributed by atoms with Gasteiger partial charge in [-0.1, -0.05) is 51.1 Å². The van der Waals surface area contributed by atoms with Crippen LogP contribution in [0.1, 0.15) is 62.4 Å². The summed E-state index contributed by atoms with van der Waals surface area (Å²) in [6, 6.07) is 18.7. The van der Waals surface area contributed by atoms with Crippen molar-refractivity contribution in [3.05, 3.63) is 65.7 Å². The third kappa shape index (κ3) is 5.70. The maximum Gasteiger partial charge on any atom is 0.183 e. The summed E-state index contributed by atoms with van der Waals surface area (Å²) in [5.74, 6) is 0.227. The maximum atomic E-state index is 13.6. The van der Waals surface area contributed by atoms with Crippen molar-refractivity contribution in [3.63, 3.8) is 0 Å². The fourth-order valence-corrected chi connectivity index (χ4v) is 4.19. The van der Waals surface area contributed by atoms with Crippen molar-refractivity contribution in [2.24, 2.45) is 0 Å². The summed E-state index contributed by atoms with van der Waals surface area (Å²) in [5.41, 5.74) is 2.82. The number of carbonyl (C=O) groups excluding carboxylic acids is 1. The molecule has 0 bridgehead atoms. The van der Waals surface area contributed by atoms with Gasteiger partial charge in [0, 0.05) is 24.3 Å². The lowest BCUT2D eigenvalue weighted by atomic mass is 9.80. The summed E-state index contributed by atoms with van der Waals surface area (Å²) in [7, 11) is 4.07. The first-order chi connectivity index (χ1) is 14.0. The Morgan fingerprint density at radius 3 is 1.93 bits per heavy atom. The van der Waals surface area contributed by atoms with Crippen LogP contribution < -0.4 is 4.90 Å². The van der Waals surface area contributed by atoms with Gasteiger partial charge in [0.05, 0.1) is 5.54 Å². The summed E-state index contributed by atoms with van der Waals surface area (Å²) < 4.78 is 0. The van der Waals surface area contributed by atoms with Gasteiger partial charge in [0.15, 0.2) is 5.78 Å². The van der Waals surface area contributed by atoms with Crippen LogP contribution in [0, 0.1) is 0 Å². The lowest BCUT2D eigenvalue weighted by Crippen LogP contribution is -2.51. The highest BCUT2D eigenvalue weighted by atomic mass is 16.1. The van der Waals surface area contributed by atoms with Crippen LogP contribution in [-0.2, 0) is 6.42 Å². The number of Topliss-reactive ketones (excluding diaryl/α,β-unsaturated/α-hetero) is 1. The molecule has 0 fully saturated rings. The van der Waals surface area contributed by atoms with E-state index in [9.17, 15) is 4.79 Å². The summed E-state index contributed by atoms with van der Waals surface area (Å²) in [6.45, 7) is 8.64. The second-order valence-electron chi connectivity index (χ2n) is 8.13. The smallest absolute Gasteiger partial charge is 0.183 e. The SMILES string of the molecule is CCCN(CCC)c1ccc(C(=O)C(CC)(CCc2ccccc2)N(C)C)cc1. The van der Waals surface area contributed by atoms with Gasteiger partial charge in [-0.2, -0.15) is 0 Å². The molecule has 0 spiro atoms. The Kier molecular flexibility index (Phi) is 8.91. The van der Waals surface area contributed by atoms with Crippen molar-refractivity contribution >= 4 is 11.5 Å². The number of hydrogen-bond donors (Lipinski definition) is 0. The van der Waals surface area contributed by atoms with Crippen molar-refractivity contribution in [3.8, 4) is 0 Å². The first-order valence-corrected chi connectivity index (χ1v) is 11.1. The van der Waals surface area contributed by atoms with Crippen molar-refractivity contribution in [1.82, 2.24) is 4.90 Å². The first-order valence-electron chi connectivity index (χ1n) is 11.1. The molecule has 0 aromatic heterocycles. The predicted molar refractivity (Wildman–Crippen MR) is 125 cm³/mol. The lowest BCUT2D eigenvalue weighted by molar-refractivity contribution is 0.0643. The third-order valence-corrected chi connectivity index (χ3v) is 6.02. The monoisotopic (exact) mass is 394 g/mol. The first kappa shape index (κ1) is 23.2. The molecule has 29 heavy (non-hydrogen) atoms. The minimum Gasteiger partial charge on any atom is -0.372 e. The van der Waals surface area contributed by atoms with Crippen LogP contribution in [0.3, 0.4) is 0 Å². The van der Waals surface area contributed by atoms with Crippen LogP contribution in [-0.4, -0.2) is 43.4 Å². The van der Waals surface area contributed by atoms with Crippen molar-refractivity contribution < 1.29 is 4.79 Å². The summed E-state index contributed by atoms with van der Waals surface area (Å²) in [4.78, 5) is 18.2. The highest BCUT2D eigenvalue weighted by Gasteiger charge is 2.38. The number of benzene rings is 2. The molecule has 0 heterocycles. The zero-order chi connectivity index (χ0) is 21.3. The molecule has 0 amide bonds. The minimum absolute atomic E-state index is 0.227. The Balaban J connectivity index is 2.24. The minimum atomic E-state index is -0.482. The molecule has 3 nitrogen and oxygen atoms in total. The quantitative estimate of drug-likeness (QED) is 0.423. The van der Waals surface area contributed by atoms with Crippen LogP contribution in [0.4, 0.5) is 5.69 Å². The molecule has 0 saturated heterocycles. The fraction of sp³-hybridized carbons (Fsp3) is 0.500. The topological polar surface area (TPSA) is 23.6 Å². The van der Waals surface area contributed by atoms with Gasteiger partial charge in [-0.25, -0.2) is 0 Å². The maximum absolute atomic E-state index is 13.6. The third-order valence-electron chi connectivity index (χ3n) is 6.02. The number of likely N-dealkylation sites (N-methyl/N-ethyl adjacent to an activating group) is 1. The van der Waals surface area contributed by atoms with E-state index >= 15 is 0 Å². The van der Waals surface area contributed by atoms with Crippen molar-refractivity contribution in [2.75, 3.05) is 32.1 Å². The zero-order valence-electron chi connectivity index (χ0n) is 18.9. The second kappa shape index (κ2) is 11.2. The Morgan fingerprint density at radius 1 is 0.862 bits per heavy atom. The molecule has 0 N–H and O–H groups in total. The largest absolute Gasteiger partial charge is 0.372 e. The highest BCUT2D eigenvalue weighted by Crippen LogP contribution is 2.29. The molecule has 0 saturated carbocycles. The molecular formula is C26H38N2O. The molecular weight excluding hydrogens is 356 g/mol. The number of carbonyl (C=O) groups is 1. The second-order valence-corrected chi connectivity index (χ2v) is 8.13. The molecule has 158 valence electrons. The van der Waals surface area contributed by atoms with Crippen LogP contribution in [0.25, 0.3) is 0 Å². The van der Waals surface area contributed by atoms with Crippen LogP contribution in [0.5, 0.6) is 0 Å². The van der Waals surface area contributed by atoms with Gasteiger partial charge in [-0.15, -0.1) is 0 Å². The summed E-state index contributed by atoms with van der Waals surface area (Å²) in [6.07, 6.45) is 4.76. The normalized spacial score (nSPS) is 13.3. The lowest BCUT2D eigenvalue weighted by Gasteiger charge is -2.38. The number of rotatable bonds is 12. The van der Waals surface area contributed by atoms with Crippen LogP contribution in [0.15, 0.2) is 54.6 Å².